The molecule has 1 aliphatic rings. The number of rotatable bonds is 9. The lowest BCUT2D eigenvalue weighted by Crippen LogP contribution is -2.36. The van der Waals surface area contributed by atoms with Gasteiger partial charge in [0, 0.05) is 37.8 Å². The zero-order chi connectivity index (χ0) is 22.4. The molecule has 1 aliphatic heterocycles. The Morgan fingerprint density at radius 3 is 2.39 bits per heavy atom. The van der Waals surface area contributed by atoms with E-state index in [4.69, 9.17) is 4.74 Å². The maximum atomic E-state index is 12.0. The van der Waals surface area contributed by atoms with Gasteiger partial charge in [-0.2, -0.15) is 0 Å². The van der Waals surface area contributed by atoms with Crippen LogP contribution < -0.4 is 4.90 Å². The first-order chi connectivity index (χ1) is 14.8. The lowest BCUT2D eigenvalue weighted by Gasteiger charge is -2.36. The van der Waals surface area contributed by atoms with Crippen LogP contribution in [0.5, 0.6) is 0 Å². The molecule has 31 heavy (non-hydrogen) atoms. The van der Waals surface area contributed by atoms with Gasteiger partial charge in [-0.1, -0.05) is 64.1 Å². The number of anilines is 1. The lowest BCUT2D eigenvalue weighted by atomic mass is 10.1. The second kappa shape index (κ2) is 10.7. The molecule has 168 valence electrons. The molecule has 1 atom stereocenters. The minimum absolute atomic E-state index is 0.160. The standard InChI is InChI=1S/C25H35N3O3/c1-19(2)16-27(17-20(3)4)23-12-11-22(15-24(23)28(29)30)25-26(13-8-14-31-25)18-21-9-6-5-7-10-21/h5-7,9-12,15,19-20,25H,8,13-14,16-18H2,1-4H3/t25-/m1/s1. The Morgan fingerprint density at radius 1 is 1.10 bits per heavy atom. The van der Waals surface area contributed by atoms with Gasteiger partial charge in [-0.3, -0.25) is 15.0 Å². The van der Waals surface area contributed by atoms with Gasteiger partial charge in [0.2, 0.25) is 0 Å². The maximum Gasteiger partial charge on any atom is 0.292 e. The van der Waals surface area contributed by atoms with E-state index in [1.165, 1.54) is 5.56 Å². The lowest BCUT2D eigenvalue weighted by molar-refractivity contribution is -0.384. The molecule has 1 saturated heterocycles. The van der Waals surface area contributed by atoms with E-state index in [9.17, 15) is 10.1 Å². The summed E-state index contributed by atoms with van der Waals surface area (Å²) in [6.45, 7) is 12.5. The smallest absolute Gasteiger partial charge is 0.292 e. The van der Waals surface area contributed by atoms with E-state index in [0.717, 1.165) is 38.2 Å². The van der Waals surface area contributed by atoms with Gasteiger partial charge in [-0.05, 0) is 29.9 Å². The van der Waals surface area contributed by atoms with Crippen LogP contribution in [0.1, 0.15) is 51.5 Å². The van der Waals surface area contributed by atoms with Gasteiger partial charge in [-0.15, -0.1) is 0 Å². The molecular weight excluding hydrogens is 390 g/mol. The predicted molar refractivity (Wildman–Crippen MR) is 125 cm³/mol. The van der Waals surface area contributed by atoms with Crippen molar-refractivity contribution in [3.63, 3.8) is 0 Å². The molecule has 0 saturated carbocycles. The molecule has 6 nitrogen and oxygen atoms in total. The Bertz CT molecular complexity index is 844. The number of hydrogen-bond acceptors (Lipinski definition) is 5. The van der Waals surface area contributed by atoms with Crippen molar-refractivity contribution in [2.24, 2.45) is 11.8 Å². The van der Waals surface area contributed by atoms with Crippen molar-refractivity contribution < 1.29 is 9.66 Å². The van der Waals surface area contributed by atoms with Crippen LogP contribution in [0.25, 0.3) is 0 Å². The highest BCUT2D eigenvalue weighted by Gasteiger charge is 2.29. The topological polar surface area (TPSA) is 58.8 Å². The number of ether oxygens (including phenoxy) is 1. The first-order valence-corrected chi connectivity index (χ1v) is 11.3. The molecule has 1 heterocycles. The van der Waals surface area contributed by atoms with E-state index in [2.05, 4.69) is 49.6 Å². The van der Waals surface area contributed by atoms with E-state index in [-0.39, 0.29) is 16.8 Å². The van der Waals surface area contributed by atoms with Crippen molar-refractivity contribution in [3.8, 4) is 0 Å². The van der Waals surface area contributed by atoms with Gasteiger partial charge < -0.3 is 9.64 Å². The fourth-order valence-electron chi connectivity index (χ4n) is 4.23. The molecule has 2 aromatic rings. The molecule has 0 aromatic heterocycles. The van der Waals surface area contributed by atoms with Crippen LogP contribution in [0.4, 0.5) is 11.4 Å². The second-order valence-corrected chi connectivity index (χ2v) is 9.23. The Hall–Kier alpha value is -2.44. The van der Waals surface area contributed by atoms with Crippen LogP contribution in [-0.2, 0) is 11.3 Å². The molecule has 6 heteroatoms. The van der Waals surface area contributed by atoms with Gasteiger partial charge in [0.25, 0.3) is 5.69 Å². The van der Waals surface area contributed by atoms with Crippen molar-refractivity contribution in [2.75, 3.05) is 31.1 Å². The van der Waals surface area contributed by atoms with E-state index in [0.29, 0.717) is 24.1 Å². The number of benzene rings is 2. The van der Waals surface area contributed by atoms with E-state index < -0.39 is 0 Å². The summed E-state index contributed by atoms with van der Waals surface area (Å²) in [6.07, 6.45) is 0.686. The zero-order valence-corrected chi connectivity index (χ0v) is 19.2. The number of hydrogen-bond donors (Lipinski definition) is 0. The Balaban J connectivity index is 1.91. The molecular formula is C25H35N3O3. The minimum atomic E-state index is -0.273. The van der Waals surface area contributed by atoms with Crippen molar-refractivity contribution in [1.29, 1.82) is 0 Å². The van der Waals surface area contributed by atoms with Gasteiger partial charge in [0.1, 0.15) is 11.9 Å². The molecule has 0 amide bonds. The fourth-order valence-corrected chi connectivity index (χ4v) is 4.23. The van der Waals surface area contributed by atoms with Crippen LogP contribution in [0.2, 0.25) is 0 Å². The van der Waals surface area contributed by atoms with Gasteiger partial charge in [0.15, 0.2) is 0 Å². The third kappa shape index (κ3) is 6.28. The van der Waals surface area contributed by atoms with Crippen molar-refractivity contribution >= 4 is 11.4 Å². The van der Waals surface area contributed by atoms with Crippen molar-refractivity contribution in [1.82, 2.24) is 4.90 Å². The predicted octanol–water partition coefficient (Wildman–Crippen LogP) is 5.63. The summed E-state index contributed by atoms with van der Waals surface area (Å²) < 4.78 is 6.10. The van der Waals surface area contributed by atoms with E-state index in [1.54, 1.807) is 6.07 Å². The van der Waals surface area contributed by atoms with Crippen molar-refractivity contribution in [2.45, 2.75) is 46.9 Å². The largest absolute Gasteiger partial charge is 0.365 e. The normalized spacial score (nSPS) is 17.3. The quantitative estimate of drug-likeness (QED) is 0.385. The average molecular weight is 426 g/mol. The molecule has 3 rings (SSSR count). The summed E-state index contributed by atoms with van der Waals surface area (Å²) in [5, 5.41) is 12.0. The Labute approximate surface area is 186 Å². The summed E-state index contributed by atoms with van der Waals surface area (Å²) in [6, 6.07) is 15.9. The number of nitro groups is 1. The Kier molecular flexibility index (Phi) is 8.04. The summed E-state index contributed by atoms with van der Waals surface area (Å²) in [7, 11) is 0. The minimum Gasteiger partial charge on any atom is -0.365 e. The molecule has 0 spiro atoms. The van der Waals surface area contributed by atoms with Crippen LogP contribution >= 0.6 is 0 Å². The summed E-state index contributed by atoms with van der Waals surface area (Å²) in [5.74, 6) is 0.835. The van der Waals surface area contributed by atoms with Gasteiger partial charge >= 0.3 is 0 Å². The first kappa shape index (κ1) is 23.2. The zero-order valence-electron chi connectivity index (χ0n) is 19.2. The van der Waals surface area contributed by atoms with E-state index >= 15 is 0 Å². The SMILES string of the molecule is CC(C)CN(CC(C)C)c1ccc([C@H]2OCCCN2Cc2ccccc2)cc1[N+](=O)[O-]. The highest BCUT2D eigenvalue weighted by Crippen LogP contribution is 2.35. The monoisotopic (exact) mass is 425 g/mol. The maximum absolute atomic E-state index is 12.0. The fraction of sp³-hybridized carbons (Fsp3) is 0.520. The molecule has 1 fully saturated rings. The van der Waals surface area contributed by atoms with Crippen LogP contribution in [0, 0.1) is 22.0 Å². The van der Waals surface area contributed by atoms with E-state index in [1.807, 2.05) is 30.3 Å². The summed E-state index contributed by atoms with van der Waals surface area (Å²) >= 11 is 0. The van der Waals surface area contributed by atoms with Crippen molar-refractivity contribution in [3.05, 3.63) is 69.8 Å². The number of nitro benzene ring substituents is 1. The average Bonchev–Trinajstić information content (AvgIpc) is 2.73. The molecule has 0 bridgehead atoms. The first-order valence-electron chi connectivity index (χ1n) is 11.3. The third-order valence-corrected chi connectivity index (χ3v) is 5.42. The molecule has 0 aliphatic carbocycles. The summed E-state index contributed by atoms with van der Waals surface area (Å²) in [4.78, 5) is 16.2. The Morgan fingerprint density at radius 2 is 1.77 bits per heavy atom. The van der Waals surface area contributed by atoms with Crippen LogP contribution in [0.15, 0.2) is 48.5 Å². The van der Waals surface area contributed by atoms with Gasteiger partial charge in [0.05, 0.1) is 11.5 Å². The van der Waals surface area contributed by atoms with Crippen LogP contribution in [0.3, 0.4) is 0 Å². The molecule has 0 unspecified atom stereocenters. The third-order valence-electron chi connectivity index (χ3n) is 5.42. The molecule has 0 radical (unpaired) electrons. The summed E-state index contributed by atoms with van der Waals surface area (Å²) in [5.41, 5.74) is 2.92. The highest BCUT2D eigenvalue weighted by molar-refractivity contribution is 5.64. The molecule has 0 N–H and O–H groups in total. The molecule has 2 aromatic carbocycles. The number of nitrogens with zero attached hydrogens (tertiary/aromatic N) is 3. The second-order valence-electron chi connectivity index (χ2n) is 9.23. The van der Waals surface area contributed by atoms with Crippen LogP contribution in [-0.4, -0.2) is 36.1 Å². The van der Waals surface area contributed by atoms with Gasteiger partial charge in [-0.25, -0.2) is 0 Å². The highest BCUT2D eigenvalue weighted by atomic mass is 16.6.